The van der Waals surface area contributed by atoms with Crippen molar-refractivity contribution in [3.8, 4) is 5.75 Å². The van der Waals surface area contributed by atoms with Gasteiger partial charge in [0.1, 0.15) is 5.75 Å². The van der Waals surface area contributed by atoms with Gasteiger partial charge in [0, 0.05) is 12.6 Å². The van der Waals surface area contributed by atoms with Crippen LogP contribution in [-0.2, 0) is 4.74 Å². The lowest BCUT2D eigenvalue weighted by atomic mass is 10.1. The van der Waals surface area contributed by atoms with Crippen molar-refractivity contribution in [2.24, 2.45) is 5.73 Å². The Balaban J connectivity index is 2.47. The van der Waals surface area contributed by atoms with E-state index in [1.165, 1.54) is 0 Å². The Morgan fingerprint density at radius 2 is 1.93 bits per heavy atom. The van der Waals surface area contributed by atoms with Crippen molar-refractivity contribution in [2.75, 3.05) is 13.4 Å². The molecular formula is C11H17NO2. The van der Waals surface area contributed by atoms with E-state index in [-0.39, 0.29) is 6.04 Å². The maximum Gasteiger partial charge on any atom is 0.189 e. The third-order valence-corrected chi connectivity index (χ3v) is 1.92. The minimum Gasteiger partial charge on any atom is -0.468 e. The summed E-state index contributed by atoms with van der Waals surface area (Å²) >= 11 is 0. The monoisotopic (exact) mass is 195 g/mol. The number of nitrogens with two attached hydrogens (primary N) is 1. The van der Waals surface area contributed by atoms with Crippen molar-refractivity contribution in [2.45, 2.75) is 19.9 Å². The van der Waals surface area contributed by atoms with Gasteiger partial charge >= 0.3 is 0 Å². The molecule has 0 bridgehead atoms. The molecule has 0 saturated carbocycles. The first-order valence-corrected chi connectivity index (χ1v) is 4.80. The molecule has 0 aliphatic rings. The average Bonchev–Trinajstić information content (AvgIpc) is 2.19. The van der Waals surface area contributed by atoms with E-state index in [1.807, 2.05) is 38.1 Å². The van der Waals surface area contributed by atoms with Crippen LogP contribution >= 0.6 is 0 Å². The quantitative estimate of drug-likeness (QED) is 0.578. The maximum absolute atomic E-state index is 5.72. The highest BCUT2D eigenvalue weighted by molar-refractivity contribution is 5.28. The van der Waals surface area contributed by atoms with Gasteiger partial charge in [0.25, 0.3) is 0 Å². The van der Waals surface area contributed by atoms with Crippen molar-refractivity contribution < 1.29 is 9.47 Å². The SMILES string of the molecule is CCOCOc1ccc([C@@H](C)N)cc1. The van der Waals surface area contributed by atoms with Crippen LogP contribution in [0.3, 0.4) is 0 Å². The highest BCUT2D eigenvalue weighted by Gasteiger charge is 1.98. The van der Waals surface area contributed by atoms with Gasteiger partial charge in [0.15, 0.2) is 6.79 Å². The number of hydrogen-bond acceptors (Lipinski definition) is 3. The topological polar surface area (TPSA) is 44.5 Å². The van der Waals surface area contributed by atoms with Crippen molar-refractivity contribution in [3.05, 3.63) is 29.8 Å². The van der Waals surface area contributed by atoms with Crippen LogP contribution < -0.4 is 10.5 Å². The highest BCUT2D eigenvalue weighted by Crippen LogP contribution is 2.15. The molecule has 3 heteroatoms. The van der Waals surface area contributed by atoms with Crippen LogP contribution in [0.2, 0.25) is 0 Å². The van der Waals surface area contributed by atoms with E-state index in [9.17, 15) is 0 Å². The van der Waals surface area contributed by atoms with Crippen LogP contribution in [0.4, 0.5) is 0 Å². The van der Waals surface area contributed by atoms with Gasteiger partial charge < -0.3 is 15.2 Å². The molecule has 0 amide bonds. The third kappa shape index (κ3) is 3.36. The number of benzene rings is 1. The molecule has 1 atom stereocenters. The number of ether oxygens (including phenoxy) is 2. The minimum atomic E-state index is 0.0657. The predicted molar refractivity (Wildman–Crippen MR) is 56.2 cm³/mol. The highest BCUT2D eigenvalue weighted by atomic mass is 16.7. The Kier molecular flexibility index (Phi) is 4.43. The van der Waals surface area contributed by atoms with E-state index in [0.717, 1.165) is 11.3 Å². The summed E-state index contributed by atoms with van der Waals surface area (Å²) in [5.74, 6) is 0.808. The lowest BCUT2D eigenvalue weighted by molar-refractivity contribution is 0.0224. The van der Waals surface area contributed by atoms with E-state index in [2.05, 4.69) is 0 Å². The zero-order valence-electron chi connectivity index (χ0n) is 8.69. The first kappa shape index (κ1) is 11.0. The molecule has 0 heterocycles. The van der Waals surface area contributed by atoms with Gasteiger partial charge in [0.05, 0.1) is 0 Å². The molecule has 0 radical (unpaired) electrons. The summed E-state index contributed by atoms with van der Waals surface area (Å²) in [5, 5.41) is 0. The number of rotatable bonds is 5. The average molecular weight is 195 g/mol. The first-order chi connectivity index (χ1) is 6.74. The Bertz CT molecular complexity index is 256. The zero-order chi connectivity index (χ0) is 10.4. The van der Waals surface area contributed by atoms with E-state index in [4.69, 9.17) is 15.2 Å². The summed E-state index contributed by atoms with van der Waals surface area (Å²) in [4.78, 5) is 0. The summed E-state index contributed by atoms with van der Waals surface area (Å²) in [7, 11) is 0. The molecule has 0 unspecified atom stereocenters. The minimum absolute atomic E-state index is 0.0657. The lowest BCUT2D eigenvalue weighted by Crippen LogP contribution is -2.05. The summed E-state index contributed by atoms with van der Waals surface area (Å²) in [6.07, 6.45) is 0. The molecule has 3 nitrogen and oxygen atoms in total. The van der Waals surface area contributed by atoms with Crippen molar-refractivity contribution in [3.63, 3.8) is 0 Å². The van der Waals surface area contributed by atoms with Crippen LogP contribution in [0.5, 0.6) is 5.75 Å². The van der Waals surface area contributed by atoms with Crippen molar-refractivity contribution in [1.29, 1.82) is 0 Å². The molecule has 0 aromatic heterocycles. The van der Waals surface area contributed by atoms with Gasteiger partial charge in [-0.3, -0.25) is 0 Å². The lowest BCUT2D eigenvalue weighted by Gasteiger charge is -2.08. The van der Waals surface area contributed by atoms with Crippen molar-refractivity contribution >= 4 is 0 Å². The van der Waals surface area contributed by atoms with Crippen LogP contribution in [0.15, 0.2) is 24.3 Å². The largest absolute Gasteiger partial charge is 0.468 e. The van der Waals surface area contributed by atoms with Gasteiger partial charge in [-0.1, -0.05) is 12.1 Å². The summed E-state index contributed by atoms with van der Waals surface area (Å²) in [6, 6.07) is 7.80. The molecule has 1 rings (SSSR count). The van der Waals surface area contributed by atoms with Gasteiger partial charge in [-0.05, 0) is 31.5 Å². The number of hydrogen-bond donors (Lipinski definition) is 1. The molecule has 2 N–H and O–H groups in total. The van der Waals surface area contributed by atoms with E-state index >= 15 is 0 Å². The van der Waals surface area contributed by atoms with E-state index in [1.54, 1.807) is 0 Å². The zero-order valence-corrected chi connectivity index (χ0v) is 8.69. The Morgan fingerprint density at radius 1 is 1.29 bits per heavy atom. The smallest absolute Gasteiger partial charge is 0.189 e. The van der Waals surface area contributed by atoms with Crippen LogP contribution in [-0.4, -0.2) is 13.4 Å². The molecule has 1 aromatic rings. The molecule has 0 aliphatic carbocycles. The molecule has 0 spiro atoms. The molecule has 0 aliphatic heterocycles. The van der Waals surface area contributed by atoms with Gasteiger partial charge in [-0.15, -0.1) is 0 Å². The van der Waals surface area contributed by atoms with Gasteiger partial charge in [-0.25, -0.2) is 0 Å². The predicted octanol–water partition coefficient (Wildman–Crippen LogP) is 2.08. The standard InChI is InChI=1S/C11H17NO2/c1-3-13-8-14-11-6-4-10(5-7-11)9(2)12/h4-7,9H,3,8,12H2,1-2H3/t9-/m1/s1. The molecule has 78 valence electrons. The second kappa shape index (κ2) is 5.62. The van der Waals surface area contributed by atoms with E-state index in [0.29, 0.717) is 13.4 Å². The fourth-order valence-corrected chi connectivity index (χ4v) is 1.06. The van der Waals surface area contributed by atoms with Gasteiger partial charge in [0.2, 0.25) is 0 Å². The Labute approximate surface area is 84.8 Å². The Hall–Kier alpha value is -1.06. The summed E-state index contributed by atoms with van der Waals surface area (Å²) in [5.41, 5.74) is 6.83. The van der Waals surface area contributed by atoms with Crippen molar-refractivity contribution in [1.82, 2.24) is 0 Å². The first-order valence-electron chi connectivity index (χ1n) is 4.80. The molecule has 0 saturated heterocycles. The Morgan fingerprint density at radius 3 is 2.43 bits per heavy atom. The molecule has 0 fully saturated rings. The van der Waals surface area contributed by atoms with Crippen LogP contribution in [0, 0.1) is 0 Å². The molecule has 1 aromatic carbocycles. The molecule has 14 heavy (non-hydrogen) atoms. The van der Waals surface area contributed by atoms with Gasteiger partial charge in [-0.2, -0.15) is 0 Å². The second-order valence-corrected chi connectivity index (χ2v) is 3.11. The fraction of sp³-hybridized carbons (Fsp3) is 0.455. The van der Waals surface area contributed by atoms with Crippen LogP contribution in [0.1, 0.15) is 25.5 Å². The normalized spacial score (nSPS) is 12.5. The second-order valence-electron chi connectivity index (χ2n) is 3.11. The third-order valence-electron chi connectivity index (χ3n) is 1.92. The van der Waals surface area contributed by atoms with Crippen LogP contribution in [0.25, 0.3) is 0 Å². The molecular weight excluding hydrogens is 178 g/mol. The summed E-state index contributed by atoms with van der Waals surface area (Å²) in [6.45, 7) is 4.85. The van der Waals surface area contributed by atoms with E-state index < -0.39 is 0 Å². The summed E-state index contributed by atoms with van der Waals surface area (Å²) < 4.78 is 10.4. The fourth-order valence-electron chi connectivity index (χ4n) is 1.06. The maximum atomic E-state index is 5.72.